The lowest BCUT2D eigenvalue weighted by molar-refractivity contribution is -0.119. The minimum atomic E-state index is -3.63. The number of sulfonamides is 1. The van der Waals surface area contributed by atoms with Crippen LogP contribution in [0, 0.1) is 5.92 Å². The van der Waals surface area contributed by atoms with Gasteiger partial charge in [0.05, 0.1) is 30.6 Å². The minimum Gasteiger partial charge on any atom is -0.379 e. The molecule has 2 amide bonds. The summed E-state index contributed by atoms with van der Waals surface area (Å²) in [6, 6.07) is 6.05. The summed E-state index contributed by atoms with van der Waals surface area (Å²) in [6.45, 7) is 6.03. The molecule has 2 heterocycles. The summed E-state index contributed by atoms with van der Waals surface area (Å²) in [5.41, 5.74) is 0.692. The first-order valence-electron chi connectivity index (χ1n) is 8.64. The van der Waals surface area contributed by atoms with Crippen molar-refractivity contribution in [1.82, 2.24) is 10.2 Å². The van der Waals surface area contributed by atoms with Gasteiger partial charge in [-0.15, -0.1) is 0 Å². The molecule has 0 spiro atoms. The highest BCUT2D eigenvalue weighted by Crippen LogP contribution is 2.28. The van der Waals surface area contributed by atoms with Gasteiger partial charge in [-0.25, -0.2) is 12.7 Å². The molecule has 9 heteroatoms. The first kappa shape index (κ1) is 18.8. The van der Waals surface area contributed by atoms with Gasteiger partial charge in [-0.3, -0.25) is 14.5 Å². The van der Waals surface area contributed by atoms with E-state index in [-0.39, 0.29) is 17.3 Å². The molecule has 1 aromatic carbocycles. The van der Waals surface area contributed by atoms with E-state index in [1.54, 1.807) is 6.92 Å². The van der Waals surface area contributed by atoms with Crippen LogP contribution in [-0.2, 0) is 19.6 Å². The molecular formula is C17H23N3O5S. The Bertz CT molecular complexity index is 772. The molecule has 0 saturated carbocycles. The molecule has 1 N–H and O–H groups in total. The molecule has 0 aromatic heterocycles. The monoisotopic (exact) mass is 381 g/mol. The van der Waals surface area contributed by atoms with Crippen LogP contribution in [0.25, 0.3) is 0 Å². The van der Waals surface area contributed by atoms with Crippen molar-refractivity contribution < 1.29 is 22.7 Å². The Labute approximate surface area is 153 Å². The van der Waals surface area contributed by atoms with Crippen molar-refractivity contribution in [3.05, 3.63) is 29.8 Å². The quantitative estimate of drug-likeness (QED) is 0.775. The van der Waals surface area contributed by atoms with Crippen LogP contribution < -0.4 is 9.62 Å². The van der Waals surface area contributed by atoms with E-state index in [4.69, 9.17) is 4.74 Å². The Morgan fingerprint density at radius 1 is 1.23 bits per heavy atom. The molecule has 0 radical (unpaired) electrons. The van der Waals surface area contributed by atoms with Gasteiger partial charge in [0, 0.05) is 31.7 Å². The molecule has 0 aliphatic carbocycles. The van der Waals surface area contributed by atoms with Crippen molar-refractivity contribution in [2.45, 2.75) is 6.92 Å². The summed E-state index contributed by atoms with van der Waals surface area (Å²) in [5.74, 6) is -1.40. The second-order valence-corrected chi connectivity index (χ2v) is 8.40. The standard InChI is InChI=1S/C17H23N3O5S/c1-13-12-26(23,24)20(17(13)22)15-4-2-14(3-5-15)16(21)18-6-7-19-8-10-25-11-9-19/h2-5,13H,6-12H2,1H3,(H,18,21). The largest absolute Gasteiger partial charge is 0.379 e. The average molecular weight is 381 g/mol. The smallest absolute Gasteiger partial charge is 0.251 e. The van der Waals surface area contributed by atoms with Crippen molar-refractivity contribution in [3.8, 4) is 0 Å². The fraction of sp³-hybridized carbons (Fsp3) is 0.529. The van der Waals surface area contributed by atoms with Crippen LogP contribution in [-0.4, -0.2) is 70.3 Å². The first-order chi connectivity index (χ1) is 12.4. The van der Waals surface area contributed by atoms with Crippen LogP contribution in [0.3, 0.4) is 0 Å². The van der Waals surface area contributed by atoms with Gasteiger partial charge in [0.25, 0.3) is 5.91 Å². The fourth-order valence-electron chi connectivity index (χ4n) is 3.09. The molecular weight excluding hydrogens is 358 g/mol. The van der Waals surface area contributed by atoms with Gasteiger partial charge in [0.1, 0.15) is 0 Å². The van der Waals surface area contributed by atoms with Gasteiger partial charge in [-0.1, -0.05) is 6.92 Å². The van der Waals surface area contributed by atoms with E-state index >= 15 is 0 Å². The predicted molar refractivity (Wildman–Crippen MR) is 96.5 cm³/mol. The molecule has 8 nitrogen and oxygen atoms in total. The SMILES string of the molecule is CC1CS(=O)(=O)N(c2ccc(C(=O)NCCN3CCOCC3)cc2)C1=O. The first-order valence-corrected chi connectivity index (χ1v) is 10.2. The molecule has 3 rings (SSSR count). The van der Waals surface area contributed by atoms with Crippen LogP contribution in [0.1, 0.15) is 17.3 Å². The Hall–Kier alpha value is -1.97. The van der Waals surface area contributed by atoms with Gasteiger partial charge in [0.15, 0.2) is 0 Å². The highest BCUT2D eigenvalue weighted by Gasteiger charge is 2.41. The lowest BCUT2D eigenvalue weighted by Gasteiger charge is -2.26. The number of morpholine rings is 1. The minimum absolute atomic E-state index is 0.185. The van der Waals surface area contributed by atoms with E-state index < -0.39 is 21.8 Å². The lowest BCUT2D eigenvalue weighted by atomic mass is 10.1. The normalized spacial score (nSPS) is 23.2. The molecule has 2 aliphatic rings. The second kappa shape index (κ2) is 7.73. The molecule has 1 atom stereocenters. The maximum Gasteiger partial charge on any atom is 0.251 e. The highest BCUT2D eigenvalue weighted by molar-refractivity contribution is 7.94. The van der Waals surface area contributed by atoms with Crippen LogP contribution in [0.4, 0.5) is 5.69 Å². The van der Waals surface area contributed by atoms with E-state index in [0.29, 0.717) is 25.3 Å². The maximum absolute atomic E-state index is 12.2. The van der Waals surface area contributed by atoms with Gasteiger partial charge in [-0.05, 0) is 24.3 Å². The van der Waals surface area contributed by atoms with Gasteiger partial charge < -0.3 is 10.1 Å². The number of amides is 2. The summed E-state index contributed by atoms with van der Waals surface area (Å²) in [4.78, 5) is 26.5. The van der Waals surface area contributed by atoms with Crippen molar-refractivity contribution >= 4 is 27.5 Å². The van der Waals surface area contributed by atoms with Gasteiger partial charge >= 0.3 is 0 Å². The molecule has 1 aromatic rings. The van der Waals surface area contributed by atoms with E-state index in [1.165, 1.54) is 24.3 Å². The van der Waals surface area contributed by atoms with Crippen LogP contribution >= 0.6 is 0 Å². The van der Waals surface area contributed by atoms with Crippen LogP contribution in [0.5, 0.6) is 0 Å². The van der Waals surface area contributed by atoms with Gasteiger partial charge in [-0.2, -0.15) is 0 Å². The van der Waals surface area contributed by atoms with E-state index in [1.807, 2.05) is 0 Å². The number of rotatable bonds is 5. The molecule has 2 fully saturated rings. The van der Waals surface area contributed by atoms with E-state index in [0.717, 1.165) is 23.9 Å². The summed E-state index contributed by atoms with van der Waals surface area (Å²) in [7, 11) is -3.63. The Kier molecular flexibility index (Phi) is 5.59. The Morgan fingerprint density at radius 3 is 2.46 bits per heavy atom. The second-order valence-electron chi connectivity index (χ2n) is 6.54. The lowest BCUT2D eigenvalue weighted by Crippen LogP contribution is -2.41. The number of benzene rings is 1. The third-order valence-corrected chi connectivity index (χ3v) is 6.41. The van der Waals surface area contributed by atoms with E-state index in [2.05, 4.69) is 10.2 Å². The molecule has 0 bridgehead atoms. The zero-order valence-corrected chi connectivity index (χ0v) is 15.5. The van der Waals surface area contributed by atoms with Crippen LogP contribution in [0.15, 0.2) is 24.3 Å². The topological polar surface area (TPSA) is 96.0 Å². The number of hydrogen-bond donors (Lipinski definition) is 1. The number of nitrogens with zero attached hydrogens (tertiary/aromatic N) is 2. The molecule has 2 aliphatic heterocycles. The Balaban J connectivity index is 1.58. The number of carbonyl (C=O) groups is 2. The van der Waals surface area contributed by atoms with Crippen molar-refractivity contribution in [1.29, 1.82) is 0 Å². The number of carbonyl (C=O) groups excluding carboxylic acids is 2. The summed E-state index contributed by atoms with van der Waals surface area (Å²) in [5, 5.41) is 2.85. The van der Waals surface area contributed by atoms with Crippen LogP contribution in [0.2, 0.25) is 0 Å². The van der Waals surface area contributed by atoms with Gasteiger partial charge in [0.2, 0.25) is 15.9 Å². The summed E-state index contributed by atoms with van der Waals surface area (Å²) in [6.07, 6.45) is 0. The number of ether oxygens (including phenoxy) is 1. The summed E-state index contributed by atoms with van der Waals surface area (Å²) >= 11 is 0. The number of anilines is 1. The fourth-order valence-corrected chi connectivity index (χ4v) is 4.91. The molecule has 26 heavy (non-hydrogen) atoms. The number of hydrogen-bond acceptors (Lipinski definition) is 6. The van der Waals surface area contributed by atoms with E-state index in [9.17, 15) is 18.0 Å². The average Bonchev–Trinajstić information content (AvgIpc) is 2.83. The molecule has 142 valence electrons. The predicted octanol–water partition coefficient (Wildman–Crippen LogP) is 0.0611. The highest BCUT2D eigenvalue weighted by atomic mass is 32.2. The van der Waals surface area contributed by atoms with Crippen molar-refractivity contribution in [2.75, 3.05) is 49.5 Å². The summed E-state index contributed by atoms with van der Waals surface area (Å²) < 4.78 is 30.3. The Morgan fingerprint density at radius 2 is 1.88 bits per heavy atom. The third kappa shape index (κ3) is 4.05. The third-order valence-electron chi connectivity index (χ3n) is 4.54. The van der Waals surface area contributed by atoms with Crippen molar-refractivity contribution in [3.63, 3.8) is 0 Å². The number of nitrogens with one attached hydrogen (secondary N) is 1. The maximum atomic E-state index is 12.2. The zero-order chi connectivity index (χ0) is 18.7. The zero-order valence-electron chi connectivity index (χ0n) is 14.7. The molecule has 2 saturated heterocycles. The van der Waals surface area contributed by atoms with Crippen molar-refractivity contribution in [2.24, 2.45) is 5.92 Å². The molecule has 1 unspecified atom stereocenters.